The summed E-state index contributed by atoms with van der Waals surface area (Å²) in [5, 5.41) is 2.96. The zero-order valence-electron chi connectivity index (χ0n) is 16.5. The molecule has 0 saturated carbocycles. The third kappa shape index (κ3) is 4.58. The van der Waals surface area contributed by atoms with Crippen molar-refractivity contribution in [2.75, 3.05) is 30.7 Å². The number of benzene rings is 2. The molecule has 6 heteroatoms. The highest BCUT2D eigenvalue weighted by Crippen LogP contribution is 2.44. The van der Waals surface area contributed by atoms with Gasteiger partial charge in [0.2, 0.25) is 5.91 Å². The quantitative estimate of drug-likeness (QED) is 0.823. The lowest BCUT2D eigenvalue weighted by atomic mass is 10.0. The van der Waals surface area contributed by atoms with Crippen LogP contribution < -0.4 is 5.32 Å². The highest BCUT2D eigenvalue weighted by Gasteiger charge is 2.46. The molecular weight excluding hydrogens is 382 g/mol. The van der Waals surface area contributed by atoms with Gasteiger partial charge in [-0.25, -0.2) is 4.79 Å². The van der Waals surface area contributed by atoms with Gasteiger partial charge in [-0.15, -0.1) is 11.8 Å². The molecule has 152 valence electrons. The smallest absolute Gasteiger partial charge is 0.321 e. The lowest BCUT2D eigenvalue weighted by Crippen LogP contribution is -2.54. The van der Waals surface area contributed by atoms with Crippen LogP contribution in [0.25, 0.3) is 0 Å². The van der Waals surface area contributed by atoms with E-state index in [4.69, 9.17) is 0 Å². The van der Waals surface area contributed by atoms with Crippen molar-refractivity contribution in [3.63, 3.8) is 0 Å². The number of carbonyl (C=O) groups is 2. The molecule has 0 atom stereocenters. The summed E-state index contributed by atoms with van der Waals surface area (Å²) in [5.74, 6) is 1.22. The molecule has 29 heavy (non-hydrogen) atoms. The fourth-order valence-electron chi connectivity index (χ4n) is 4.19. The number of anilines is 1. The molecule has 2 aromatic rings. The van der Waals surface area contributed by atoms with E-state index in [9.17, 15) is 9.59 Å². The maximum absolute atomic E-state index is 13.0. The molecule has 5 nitrogen and oxygen atoms in total. The van der Waals surface area contributed by atoms with Crippen molar-refractivity contribution in [3.8, 4) is 0 Å². The van der Waals surface area contributed by atoms with E-state index in [2.05, 4.69) is 22.3 Å². The number of piperidine rings is 1. The van der Waals surface area contributed by atoms with Crippen molar-refractivity contribution in [3.05, 3.63) is 66.2 Å². The second-order valence-corrected chi connectivity index (χ2v) is 9.07. The standard InChI is InChI=1S/C23H27N3O2S/c27-21(12-11-19-7-3-1-4-8-19)26-17-18-29-23(26)13-15-25(16-14-23)22(28)24-20-9-5-2-6-10-20/h1-10H,11-18H2,(H,24,28). The normalized spacial score (nSPS) is 18.1. The molecule has 0 unspecified atom stereocenters. The molecule has 2 heterocycles. The van der Waals surface area contributed by atoms with Crippen LogP contribution in [0.1, 0.15) is 24.8 Å². The minimum Gasteiger partial charge on any atom is -0.327 e. The third-order valence-corrected chi connectivity index (χ3v) is 7.36. The van der Waals surface area contributed by atoms with E-state index in [-0.39, 0.29) is 16.8 Å². The van der Waals surface area contributed by atoms with E-state index >= 15 is 0 Å². The zero-order valence-corrected chi connectivity index (χ0v) is 17.4. The topological polar surface area (TPSA) is 52.7 Å². The number of amides is 3. The summed E-state index contributed by atoms with van der Waals surface area (Å²) in [7, 11) is 0. The molecule has 1 N–H and O–H groups in total. The van der Waals surface area contributed by atoms with Crippen LogP contribution in [0.4, 0.5) is 10.5 Å². The number of nitrogens with one attached hydrogen (secondary N) is 1. The molecule has 4 rings (SSSR count). The van der Waals surface area contributed by atoms with Gasteiger partial charge < -0.3 is 15.1 Å². The average Bonchev–Trinajstić information content (AvgIpc) is 3.17. The number of nitrogens with zero attached hydrogens (tertiary/aromatic N) is 2. The number of rotatable bonds is 4. The monoisotopic (exact) mass is 409 g/mol. The summed E-state index contributed by atoms with van der Waals surface area (Å²) in [6.07, 6.45) is 2.99. The SMILES string of the molecule is O=C(Nc1ccccc1)N1CCC2(CC1)SCCN2C(=O)CCc1ccccc1. The maximum atomic E-state index is 13.0. The second kappa shape index (κ2) is 8.91. The van der Waals surface area contributed by atoms with Crippen LogP contribution in [-0.2, 0) is 11.2 Å². The van der Waals surface area contributed by atoms with Crippen molar-refractivity contribution >= 4 is 29.4 Å². The molecule has 2 saturated heterocycles. The van der Waals surface area contributed by atoms with Gasteiger partial charge in [0.1, 0.15) is 0 Å². The summed E-state index contributed by atoms with van der Waals surface area (Å²) in [4.78, 5) is 29.4. The number of aryl methyl sites for hydroxylation is 1. The fraction of sp³-hybridized carbons (Fsp3) is 0.391. The summed E-state index contributed by atoms with van der Waals surface area (Å²) >= 11 is 1.89. The molecule has 1 spiro atoms. The molecular formula is C23H27N3O2S. The first kappa shape index (κ1) is 19.8. The van der Waals surface area contributed by atoms with E-state index in [1.807, 2.05) is 65.2 Å². The third-order valence-electron chi connectivity index (χ3n) is 5.81. The molecule has 0 radical (unpaired) electrons. The first-order valence-electron chi connectivity index (χ1n) is 10.3. The Labute approximate surface area is 176 Å². The lowest BCUT2D eigenvalue weighted by molar-refractivity contribution is -0.134. The molecule has 0 aromatic heterocycles. The van der Waals surface area contributed by atoms with Gasteiger partial charge >= 0.3 is 6.03 Å². The fourth-order valence-corrected chi connectivity index (χ4v) is 5.66. The van der Waals surface area contributed by atoms with E-state index in [1.54, 1.807) is 0 Å². The number of hydrogen-bond donors (Lipinski definition) is 1. The van der Waals surface area contributed by atoms with Crippen molar-refractivity contribution in [1.82, 2.24) is 9.80 Å². The minimum absolute atomic E-state index is 0.0593. The van der Waals surface area contributed by atoms with Crippen LogP contribution in [0.15, 0.2) is 60.7 Å². The van der Waals surface area contributed by atoms with Gasteiger partial charge in [-0.05, 0) is 37.0 Å². The lowest BCUT2D eigenvalue weighted by Gasteiger charge is -2.44. The molecule has 2 aliphatic heterocycles. The van der Waals surface area contributed by atoms with Gasteiger partial charge in [-0.3, -0.25) is 4.79 Å². The molecule has 2 aromatic carbocycles. The minimum atomic E-state index is -0.142. The molecule has 3 amide bonds. The van der Waals surface area contributed by atoms with Crippen molar-refractivity contribution in [2.24, 2.45) is 0 Å². The highest BCUT2D eigenvalue weighted by atomic mass is 32.2. The van der Waals surface area contributed by atoms with E-state index in [0.29, 0.717) is 19.5 Å². The molecule has 2 aliphatic rings. The van der Waals surface area contributed by atoms with Gasteiger partial charge in [0.05, 0.1) is 4.87 Å². The van der Waals surface area contributed by atoms with Crippen LogP contribution in [0.5, 0.6) is 0 Å². The number of carbonyl (C=O) groups excluding carboxylic acids is 2. The van der Waals surface area contributed by atoms with Crippen molar-refractivity contribution < 1.29 is 9.59 Å². The molecule has 0 bridgehead atoms. The predicted molar refractivity (Wildman–Crippen MR) is 118 cm³/mol. The predicted octanol–water partition coefficient (Wildman–Crippen LogP) is 4.22. The average molecular weight is 410 g/mol. The number of urea groups is 1. The molecule has 2 fully saturated rings. The highest BCUT2D eigenvalue weighted by molar-refractivity contribution is 8.00. The first-order chi connectivity index (χ1) is 14.2. The Kier molecular flexibility index (Phi) is 6.09. The summed E-state index contributed by atoms with van der Waals surface area (Å²) < 4.78 is 0. The van der Waals surface area contributed by atoms with Gasteiger partial charge in [0, 0.05) is 37.5 Å². The van der Waals surface area contributed by atoms with E-state index in [0.717, 1.165) is 37.2 Å². The number of para-hydroxylation sites is 1. The first-order valence-corrected chi connectivity index (χ1v) is 11.2. The summed E-state index contributed by atoms with van der Waals surface area (Å²) in [5.41, 5.74) is 2.01. The maximum Gasteiger partial charge on any atom is 0.321 e. The second-order valence-electron chi connectivity index (χ2n) is 7.61. The van der Waals surface area contributed by atoms with Crippen LogP contribution in [0.3, 0.4) is 0 Å². The number of thioether (sulfide) groups is 1. The van der Waals surface area contributed by atoms with Crippen LogP contribution >= 0.6 is 11.8 Å². The zero-order chi connectivity index (χ0) is 20.1. The molecule has 0 aliphatic carbocycles. The van der Waals surface area contributed by atoms with Crippen LogP contribution in [0, 0.1) is 0 Å². The summed E-state index contributed by atoms with van der Waals surface area (Å²) in [6.45, 7) is 2.16. The van der Waals surface area contributed by atoms with Gasteiger partial charge in [-0.1, -0.05) is 48.5 Å². The van der Waals surface area contributed by atoms with Gasteiger partial charge in [-0.2, -0.15) is 0 Å². The Bertz CT molecular complexity index is 836. The van der Waals surface area contributed by atoms with Crippen LogP contribution in [0.2, 0.25) is 0 Å². The largest absolute Gasteiger partial charge is 0.327 e. The Balaban J connectivity index is 1.32. The van der Waals surface area contributed by atoms with E-state index in [1.165, 1.54) is 5.56 Å². The van der Waals surface area contributed by atoms with Gasteiger partial charge in [0.15, 0.2) is 0 Å². The van der Waals surface area contributed by atoms with Crippen LogP contribution in [-0.4, -0.2) is 52.0 Å². The van der Waals surface area contributed by atoms with Crippen molar-refractivity contribution in [1.29, 1.82) is 0 Å². The van der Waals surface area contributed by atoms with Gasteiger partial charge in [0.25, 0.3) is 0 Å². The van der Waals surface area contributed by atoms with Crippen molar-refractivity contribution in [2.45, 2.75) is 30.6 Å². The number of hydrogen-bond acceptors (Lipinski definition) is 3. The summed E-state index contributed by atoms with van der Waals surface area (Å²) in [6, 6.07) is 19.7. The Morgan fingerprint density at radius 1 is 0.931 bits per heavy atom. The number of likely N-dealkylation sites (tertiary alicyclic amines) is 1. The Morgan fingerprint density at radius 2 is 1.59 bits per heavy atom. The Morgan fingerprint density at radius 3 is 2.28 bits per heavy atom. The Hall–Kier alpha value is -2.47. The van der Waals surface area contributed by atoms with E-state index < -0.39 is 0 Å².